The van der Waals surface area contributed by atoms with Gasteiger partial charge >= 0.3 is 0 Å². The second kappa shape index (κ2) is 11.6. The highest BCUT2D eigenvalue weighted by Gasteiger charge is 2.23. The summed E-state index contributed by atoms with van der Waals surface area (Å²) < 4.78 is 15.3. The van der Waals surface area contributed by atoms with Gasteiger partial charge in [-0.1, -0.05) is 6.07 Å². The molecule has 0 amide bonds. The Kier molecular flexibility index (Phi) is 8.77. The second-order valence-corrected chi connectivity index (χ2v) is 8.25. The molecule has 1 fully saturated rings. The van der Waals surface area contributed by atoms with E-state index in [0.29, 0.717) is 0 Å². The van der Waals surface area contributed by atoms with Crippen LogP contribution in [-0.2, 0) is 6.54 Å². The minimum Gasteiger partial charge on any atom is -0.352 e. The highest BCUT2D eigenvalue weighted by molar-refractivity contribution is 5.85. The number of pyridine rings is 1. The molecular formula is C25H28Cl2FN7. The zero-order valence-corrected chi connectivity index (χ0v) is 21.3. The van der Waals surface area contributed by atoms with Crippen molar-refractivity contribution in [3.05, 3.63) is 83.8 Å². The lowest BCUT2D eigenvalue weighted by atomic mass is 10.1. The molecule has 0 N–H and O–H groups in total. The highest BCUT2D eigenvalue weighted by Crippen LogP contribution is 2.28. The van der Waals surface area contributed by atoms with Crippen LogP contribution in [0, 0.1) is 19.7 Å². The molecule has 0 aliphatic carbocycles. The standard InChI is InChI=1S/C25H26FN7.2ClH/c1-18-22(19(2)33(30-18)23-5-3-4-10-27-23)17-31-13-15-32(16-14-31)25-24(28-11-12-29-25)20-6-8-21(26)9-7-20;;/h3-12H,13-17H2,1-2H3;2*1H. The third-order valence-electron chi connectivity index (χ3n) is 6.16. The summed E-state index contributed by atoms with van der Waals surface area (Å²) in [4.78, 5) is 18.3. The Morgan fingerprint density at radius 3 is 2.23 bits per heavy atom. The molecule has 1 aromatic carbocycles. The number of rotatable bonds is 5. The topological polar surface area (TPSA) is 63.0 Å². The molecule has 35 heavy (non-hydrogen) atoms. The maximum atomic E-state index is 13.4. The first-order chi connectivity index (χ1) is 16.1. The number of aromatic nitrogens is 5. The summed E-state index contributed by atoms with van der Waals surface area (Å²) in [5.41, 5.74) is 5.07. The molecule has 1 saturated heterocycles. The quantitative estimate of drug-likeness (QED) is 0.385. The van der Waals surface area contributed by atoms with Crippen LogP contribution in [0.5, 0.6) is 0 Å². The van der Waals surface area contributed by atoms with Gasteiger partial charge in [0.05, 0.1) is 5.69 Å². The molecule has 10 heteroatoms. The summed E-state index contributed by atoms with van der Waals surface area (Å²) in [5, 5.41) is 4.73. The van der Waals surface area contributed by atoms with Crippen molar-refractivity contribution in [1.82, 2.24) is 29.6 Å². The normalized spacial score (nSPS) is 13.7. The predicted molar refractivity (Wildman–Crippen MR) is 140 cm³/mol. The second-order valence-electron chi connectivity index (χ2n) is 8.25. The summed E-state index contributed by atoms with van der Waals surface area (Å²) in [6, 6.07) is 12.3. The van der Waals surface area contributed by atoms with Crippen molar-refractivity contribution in [3.8, 4) is 17.1 Å². The van der Waals surface area contributed by atoms with Crippen molar-refractivity contribution >= 4 is 30.6 Å². The Bertz CT molecular complexity index is 1240. The van der Waals surface area contributed by atoms with Gasteiger partial charge in [-0.15, -0.1) is 24.8 Å². The van der Waals surface area contributed by atoms with Gasteiger partial charge in [-0.2, -0.15) is 5.10 Å². The van der Waals surface area contributed by atoms with Crippen LogP contribution >= 0.6 is 24.8 Å². The third-order valence-corrected chi connectivity index (χ3v) is 6.16. The zero-order chi connectivity index (χ0) is 22.8. The van der Waals surface area contributed by atoms with Crippen molar-refractivity contribution in [2.24, 2.45) is 0 Å². The average Bonchev–Trinajstić information content (AvgIpc) is 3.14. The lowest BCUT2D eigenvalue weighted by Gasteiger charge is -2.36. The number of anilines is 1. The summed E-state index contributed by atoms with van der Waals surface area (Å²) in [7, 11) is 0. The van der Waals surface area contributed by atoms with Gasteiger partial charge in [0.25, 0.3) is 0 Å². The Balaban J connectivity index is 0.00000171. The van der Waals surface area contributed by atoms with Crippen LogP contribution in [0.3, 0.4) is 0 Å². The smallest absolute Gasteiger partial charge is 0.155 e. The summed E-state index contributed by atoms with van der Waals surface area (Å²) in [5.74, 6) is 1.43. The Morgan fingerprint density at radius 1 is 0.829 bits per heavy atom. The first-order valence-corrected chi connectivity index (χ1v) is 11.1. The highest BCUT2D eigenvalue weighted by atomic mass is 35.5. The van der Waals surface area contributed by atoms with E-state index in [1.807, 2.05) is 22.9 Å². The number of aryl methyl sites for hydroxylation is 1. The van der Waals surface area contributed by atoms with E-state index in [0.717, 1.165) is 67.0 Å². The van der Waals surface area contributed by atoms with Gasteiger partial charge in [-0.25, -0.2) is 19.0 Å². The first-order valence-electron chi connectivity index (χ1n) is 11.1. The summed E-state index contributed by atoms with van der Waals surface area (Å²) in [6.45, 7) is 8.53. The van der Waals surface area contributed by atoms with Crippen molar-refractivity contribution in [3.63, 3.8) is 0 Å². The van der Waals surface area contributed by atoms with Crippen LogP contribution in [0.2, 0.25) is 0 Å². The molecule has 4 heterocycles. The van der Waals surface area contributed by atoms with Gasteiger partial charge in [0.1, 0.15) is 11.5 Å². The molecule has 1 aliphatic heterocycles. The van der Waals surface area contributed by atoms with Gasteiger partial charge in [0.2, 0.25) is 0 Å². The largest absolute Gasteiger partial charge is 0.352 e. The van der Waals surface area contributed by atoms with Gasteiger partial charge in [-0.05, 0) is 50.2 Å². The number of benzene rings is 1. The number of halogens is 3. The van der Waals surface area contributed by atoms with E-state index in [2.05, 4.69) is 38.6 Å². The molecule has 0 spiro atoms. The first kappa shape index (κ1) is 26.5. The van der Waals surface area contributed by atoms with Gasteiger partial charge < -0.3 is 4.90 Å². The molecular weight excluding hydrogens is 488 g/mol. The molecule has 184 valence electrons. The van der Waals surface area contributed by atoms with E-state index in [-0.39, 0.29) is 30.6 Å². The molecule has 7 nitrogen and oxygen atoms in total. The van der Waals surface area contributed by atoms with Gasteiger partial charge in [-0.3, -0.25) is 9.88 Å². The average molecular weight is 516 g/mol. The molecule has 0 bridgehead atoms. The lowest BCUT2D eigenvalue weighted by Crippen LogP contribution is -2.46. The lowest BCUT2D eigenvalue weighted by molar-refractivity contribution is 0.248. The molecule has 0 saturated carbocycles. The Hall–Kier alpha value is -3.07. The molecule has 4 aromatic rings. The van der Waals surface area contributed by atoms with E-state index in [1.54, 1.807) is 30.7 Å². The fourth-order valence-electron chi connectivity index (χ4n) is 4.32. The number of piperazine rings is 1. The van der Waals surface area contributed by atoms with Crippen molar-refractivity contribution in [2.45, 2.75) is 20.4 Å². The SMILES string of the molecule is Cc1nn(-c2ccccn2)c(C)c1CN1CCN(c2nccnc2-c2ccc(F)cc2)CC1.Cl.Cl. The van der Waals surface area contributed by atoms with E-state index in [1.165, 1.54) is 17.7 Å². The van der Waals surface area contributed by atoms with Crippen LogP contribution in [0.15, 0.2) is 61.1 Å². The fraction of sp³-hybridized carbons (Fsp3) is 0.280. The molecule has 0 atom stereocenters. The van der Waals surface area contributed by atoms with Crippen LogP contribution < -0.4 is 4.90 Å². The molecule has 1 aliphatic rings. The molecule has 3 aromatic heterocycles. The van der Waals surface area contributed by atoms with Crippen LogP contribution in [0.4, 0.5) is 10.2 Å². The van der Waals surface area contributed by atoms with E-state index in [4.69, 9.17) is 5.10 Å². The maximum absolute atomic E-state index is 13.4. The molecule has 0 radical (unpaired) electrons. The van der Waals surface area contributed by atoms with Gasteiger partial charge in [0.15, 0.2) is 11.6 Å². The molecule has 5 rings (SSSR count). The van der Waals surface area contributed by atoms with Crippen molar-refractivity contribution < 1.29 is 4.39 Å². The predicted octanol–water partition coefficient (Wildman–Crippen LogP) is 4.65. The Morgan fingerprint density at radius 2 is 1.54 bits per heavy atom. The van der Waals surface area contributed by atoms with Gasteiger partial charge in [0, 0.05) is 68.1 Å². The summed E-state index contributed by atoms with van der Waals surface area (Å²) >= 11 is 0. The minimum atomic E-state index is -0.255. The van der Waals surface area contributed by atoms with Crippen LogP contribution in [0.25, 0.3) is 17.1 Å². The van der Waals surface area contributed by atoms with E-state index < -0.39 is 0 Å². The monoisotopic (exact) mass is 515 g/mol. The van der Waals surface area contributed by atoms with Crippen LogP contribution in [0.1, 0.15) is 17.0 Å². The van der Waals surface area contributed by atoms with Crippen molar-refractivity contribution in [1.29, 1.82) is 0 Å². The Labute approximate surface area is 216 Å². The zero-order valence-electron chi connectivity index (χ0n) is 19.6. The fourth-order valence-corrected chi connectivity index (χ4v) is 4.32. The van der Waals surface area contributed by atoms with E-state index >= 15 is 0 Å². The maximum Gasteiger partial charge on any atom is 0.155 e. The number of hydrogen-bond acceptors (Lipinski definition) is 6. The number of hydrogen-bond donors (Lipinski definition) is 0. The molecule has 0 unspecified atom stereocenters. The van der Waals surface area contributed by atoms with Crippen molar-refractivity contribution in [2.75, 3.05) is 31.1 Å². The number of nitrogens with zero attached hydrogens (tertiary/aromatic N) is 7. The van der Waals surface area contributed by atoms with E-state index in [9.17, 15) is 4.39 Å². The third kappa shape index (κ3) is 5.61. The van der Waals surface area contributed by atoms with Crippen LogP contribution in [-0.4, -0.2) is 55.8 Å². The minimum absolute atomic E-state index is 0. The summed E-state index contributed by atoms with van der Waals surface area (Å²) in [6.07, 6.45) is 5.19.